The molecule has 0 radical (unpaired) electrons. The van der Waals surface area contributed by atoms with Crippen LogP contribution in [0, 0.1) is 0 Å². The van der Waals surface area contributed by atoms with E-state index < -0.39 is 5.97 Å². The highest BCUT2D eigenvalue weighted by Crippen LogP contribution is 2.22. The number of rotatable bonds is 3. The molecule has 0 aromatic heterocycles. The number of carbonyl (C=O) groups is 2. The molecule has 0 bridgehead atoms. The summed E-state index contributed by atoms with van der Waals surface area (Å²) in [5.41, 5.74) is 2.22. The maximum Gasteiger partial charge on any atom is 0.337 e. The van der Waals surface area contributed by atoms with Crippen molar-refractivity contribution in [2.45, 2.75) is 25.7 Å². The number of hydrogen-bond acceptors (Lipinski definition) is 3. The second-order valence-corrected chi connectivity index (χ2v) is 4.68. The second-order valence-electron chi connectivity index (χ2n) is 4.68. The predicted octanol–water partition coefficient (Wildman–Crippen LogP) is 3.05. The van der Waals surface area contributed by atoms with E-state index in [1.807, 2.05) is 0 Å². The SMILES string of the molecule is COC(=O)c1cccc(NC(=O)NC=C2CCCC2)c1. The van der Waals surface area contributed by atoms with Crippen LogP contribution in [-0.4, -0.2) is 19.1 Å². The topological polar surface area (TPSA) is 67.4 Å². The molecule has 20 heavy (non-hydrogen) atoms. The number of anilines is 1. The molecular weight excluding hydrogens is 256 g/mol. The Morgan fingerprint density at radius 3 is 2.70 bits per heavy atom. The van der Waals surface area contributed by atoms with Gasteiger partial charge in [0.2, 0.25) is 0 Å². The highest BCUT2D eigenvalue weighted by Gasteiger charge is 2.08. The molecule has 1 aliphatic carbocycles. The molecule has 0 saturated heterocycles. The molecule has 5 nitrogen and oxygen atoms in total. The van der Waals surface area contributed by atoms with Gasteiger partial charge < -0.3 is 15.4 Å². The summed E-state index contributed by atoms with van der Waals surface area (Å²) in [4.78, 5) is 23.1. The van der Waals surface area contributed by atoms with E-state index in [1.54, 1.807) is 30.5 Å². The number of esters is 1. The van der Waals surface area contributed by atoms with Crippen molar-refractivity contribution in [1.82, 2.24) is 5.32 Å². The molecule has 0 spiro atoms. The molecule has 1 aromatic carbocycles. The molecule has 106 valence electrons. The molecular formula is C15H18N2O3. The van der Waals surface area contributed by atoms with Crippen LogP contribution in [0.3, 0.4) is 0 Å². The number of nitrogens with one attached hydrogen (secondary N) is 2. The Hall–Kier alpha value is -2.30. The highest BCUT2D eigenvalue weighted by atomic mass is 16.5. The standard InChI is InChI=1S/C15H18N2O3/c1-20-14(18)12-7-4-8-13(9-12)17-15(19)16-10-11-5-2-3-6-11/h4,7-10H,2-3,5-6H2,1H3,(H2,16,17,19). The summed E-state index contributed by atoms with van der Waals surface area (Å²) in [6, 6.07) is 6.31. The minimum Gasteiger partial charge on any atom is -0.465 e. The van der Waals surface area contributed by atoms with Gasteiger partial charge in [-0.2, -0.15) is 0 Å². The van der Waals surface area contributed by atoms with Crippen LogP contribution in [0.5, 0.6) is 0 Å². The van der Waals surface area contributed by atoms with Gasteiger partial charge in [0.1, 0.15) is 0 Å². The lowest BCUT2D eigenvalue weighted by atomic mass is 10.2. The van der Waals surface area contributed by atoms with E-state index in [1.165, 1.54) is 25.5 Å². The Labute approximate surface area is 118 Å². The van der Waals surface area contributed by atoms with Crippen molar-refractivity contribution in [1.29, 1.82) is 0 Å². The minimum atomic E-state index is -0.429. The summed E-state index contributed by atoms with van der Waals surface area (Å²) >= 11 is 0. The van der Waals surface area contributed by atoms with Gasteiger partial charge in [-0.3, -0.25) is 0 Å². The van der Waals surface area contributed by atoms with Crippen LogP contribution in [0.2, 0.25) is 0 Å². The zero-order valence-electron chi connectivity index (χ0n) is 11.4. The first kappa shape index (κ1) is 14.1. The van der Waals surface area contributed by atoms with Crippen LogP contribution < -0.4 is 10.6 Å². The number of ether oxygens (including phenoxy) is 1. The van der Waals surface area contributed by atoms with Crippen molar-refractivity contribution in [3.63, 3.8) is 0 Å². The van der Waals surface area contributed by atoms with Gasteiger partial charge in [-0.05, 0) is 43.9 Å². The Balaban J connectivity index is 1.93. The molecule has 5 heteroatoms. The van der Waals surface area contributed by atoms with E-state index in [-0.39, 0.29) is 6.03 Å². The quantitative estimate of drug-likeness (QED) is 0.832. The molecule has 1 saturated carbocycles. The van der Waals surface area contributed by atoms with E-state index in [2.05, 4.69) is 15.4 Å². The van der Waals surface area contributed by atoms with Crippen LogP contribution in [0.15, 0.2) is 36.0 Å². The second kappa shape index (κ2) is 6.75. The molecule has 1 aromatic rings. The summed E-state index contributed by atoms with van der Waals surface area (Å²) in [5.74, 6) is -0.429. The number of allylic oxidation sites excluding steroid dienone is 1. The van der Waals surface area contributed by atoms with Crippen molar-refractivity contribution in [3.05, 3.63) is 41.6 Å². The highest BCUT2D eigenvalue weighted by molar-refractivity contribution is 5.94. The fraction of sp³-hybridized carbons (Fsp3) is 0.333. The maximum atomic E-state index is 11.7. The lowest BCUT2D eigenvalue weighted by Crippen LogP contribution is -2.24. The van der Waals surface area contributed by atoms with Gasteiger partial charge in [-0.25, -0.2) is 9.59 Å². The number of urea groups is 1. The summed E-state index contributed by atoms with van der Waals surface area (Å²) in [5, 5.41) is 5.39. The first-order valence-electron chi connectivity index (χ1n) is 6.63. The Bertz CT molecular complexity index is 530. The van der Waals surface area contributed by atoms with Crippen LogP contribution in [0.4, 0.5) is 10.5 Å². The zero-order chi connectivity index (χ0) is 14.4. The largest absolute Gasteiger partial charge is 0.465 e. The molecule has 1 fully saturated rings. The predicted molar refractivity (Wildman–Crippen MR) is 76.5 cm³/mol. The number of carbonyl (C=O) groups excluding carboxylic acids is 2. The summed E-state index contributed by atoms with van der Waals surface area (Å²) in [7, 11) is 1.32. The summed E-state index contributed by atoms with van der Waals surface area (Å²) < 4.78 is 4.63. The normalized spacial score (nSPS) is 13.8. The van der Waals surface area contributed by atoms with E-state index in [0.29, 0.717) is 11.3 Å². The lowest BCUT2D eigenvalue weighted by molar-refractivity contribution is 0.0600. The summed E-state index contributed by atoms with van der Waals surface area (Å²) in [6.45, 7) is 0. The van der Waals surface area contributed by atoms with Gasteiger partial charge in [0.05, 0.1) is 12.7 Å². The number of benzene rings is 1. The van der Waals surface area contributed by atoms with Crippen molar-refractivity contribution in [3.8, 4) is 0 Å². The Morgan fingerprint density at radius 2 is 2.00 bits per heavy atom. The summed E-state index contributed by atoms with van der Waals surface area (Å²) in [6.07, 6.45) is 6.26. The monoisotopic (exact) mass is 274 g/mol. The Morgan fingerprint density at radius 1 is 1.25 bits per heavy atom. The average molecular weight is 274 g/mol. The molecule has 0 unspecified atom stereocenters. The van der Waals surface area contributed by atoms with Gasteiger partial charge in [0.15, 0.2) is 0 Å². The third-order valence-corrected chi connectivity index (χ3v) is 3.19. The van der Waals surface area contributed by atoms with Gasteiger partial charge in [-0.15, -0.1) is 0 Å². The van der Waals surface area contributed by atoms with Crippen LogP contribution in [0.1, 0.15) is 36.0 Å². The molecule has 0 aliphatic heterocycles. The molecule has 1 aliphatic rings. The third kappa shape index (κ3) is 3.85. The first-order valence-corrected chi connectivity index (χ1v) is 6.63. The maximum absolute atomic E-state index is 11.7. The lowest BCUT2D eigenvalue weighted by Gasteiger charge is -2.07. The van der Waals surface area contributed by atoms with E-state index in [0.717, 1.165) is 12.8 Å². The van der Waals surface area contributed by atoms with Crippen LogP contribution in [-0.2, 0) is 4.74 Å². The van der Waals surface area contributed by atoms with E-state index in [4.69, 9.17) is 0 Å². The average Bonchev–Trinajstić information content (AvgIpc) is 2.98. The zero-order valence-corrected chi connectivity index (χ0v) is 11.4. The van der Waals surface area contributed by atoms with Gasteiger partial charge in [0.25, 0.3) is 0 Å². The van der Waals surface area contributed by atoms with Gasteiger partial charge in [0, 0.05) is 11.9 Å². The van der Waals surface area contributed by atoms with E-state index in [9.17, 15) is 9.59 Å². The fourth-order valence-electron chi connectivity index (χ4n) is 2.15. The number of methoxy groups -OCH3 is 1. The molecule has 2 amide bonds. The smallest absolute Gasteiger partial charge is 0.337 e. The number of amides is 2. The van der Waals surface area contributed by atoms with E-state index >= 15 is 0 Å². The van der Waals surface area contributed by atoms with Crippen molar-refractivity contribution in [2.75, 3.05) is 12.4 Å². The third-order valence-electron chi connectivity index (χ3n) is 3.19. The van der Waals surface area contributed by atoms with Crippen molar-refractivity contribution in [2.24, 2.45) is 0 Å². The van der Waals surface area contributed by atoms with Crippen molar-refractivity contribution < 1.29 is 14.3 Å². The number of hydrogen-bond donors (Lipinski definition) is 2. The molecule has 0 heterocycles. The molecule has 0 atom stereocenters. The molecule has 2 rings (SSSR count). The molecule has 2 N–H and O–H groups in total. The van der Waals surface area contributed by atoms with Gasteiger partial charge in [-0.1, -0.05) is 11.6 Å². The van der Waals surface area contributed by atoms with Gasteiger partial charge >= 0.3 is 12.0 Å². The Kier molecular flexibility index (Phi) is 4.76. The van der Waals surface area contributed by atoms with Crippen LogP contribution in [0.25, 0.3) is 0 Å². The minimum absolute atomic E-state index is 0.314. The fourth-order valence-corrected chi connectivity index (χ4v) is 2.15. The van der Waals surface area contributed by atoms with Crippen molar-refractivity contribution >= 4 is 17.7 Å². The first-order chi connectivity index (χ1) is 9.69. The van der Waals surface area contributed by atoms with Crippen LogP contribution >= 0.6 is 0 Å².